The van der Waals surface area contributed by atoms with Gasteiger partial charge in [0.15, 0.2) is 5.76 Å². The third kappa shape index (κ3) is 2.34. The van der Waals surface area contributed by atoms with Crippen LogP contribution in [0.25, 0.3) is 22.0 Å². The third-order valence-electron chi connectivity index (χ3n) is 4.22. The summed E-state index contributed by atoms with van der Waals surface area (Å²) in [6.45, 7) is 3.79. The van der Waals surface area contributed by atoms with Crippen molar-refractivity contribution in [1.29, 1.82) is 0 Å². The lowest BCUT2D eigenvalue weighted by atomic mass is 10.1. The Hall–Kier alpha value is -3.08. The molecule has 2 aromatic carbocycles. The quantitative estimate of drug-likeness (QED) is 0.597. The van der Waals surface area contributed by atoms with Crippen LogP contribution < -0.4 is 5.32 Å². The molecule has 0 fully saturated rings. The summed E-state index contributed by atoms with van der Waals surface area (Å²) >= 11 is 0. The molecular weight excluding hydrogens is 302 g/mol. The molecule has 0 saturated carbocycles. The largest absolute Gasteiger partial charge is 0.451 e. The molecule has 1 amide bonds. The van der Waals surface area contributed by atoms with Gasteiger partial charge >= 0.3 is 0 Å². The first kappa shape index (κ1) is 14.5. The van der Waals surface area contributed by atoms with Gasteiger partial charge in [-0.1, -0.05) is 30.3 Å². The molecule has 4 aromatic rings. The predicted octanol–water partition coefficient (Wildman–Crippen LogP) is 4.11. The fourth-order valence-corrected chi connectivity index (χ4v) is 2.90. The molecule has 2 aromatic heterocycles. The van der Waals surface area contributed by atoms with E-state index in [0.29, 0.717) is 5.76 Å². The molecule has 0 aliphatic carbocycles. The van der Waals surface area contributed by atoms with E-state index in [0.717, 1.165) is 33.4 Å². The molecule has 5 nitrogen and oxygen atoms in total. The number of hydrogen-bond donors (Lipinski definition) is 2. The van der Waals surface area contributed by atoms with Gasteiger partial charge in [0.05, 0.1) is 17.1 Å². The van der Waals surface area contributed by atoms with Crippen molar-refractivity contribution in [1.82, 2.24) is 15.3 Å². The van der Waals surface area contributed by atoms with Crippen LogP contribution in [0.1, 0.15) is 34.9 Å². The first-order chi connectivity index (χ1) is 11.6. The van der Waals surface area contributed by atoms with Crippen molar-refractivity contribution >= 4 is 27.9 Å². The molecule has 0 aliphatic rings. The van der Waals surface area contributed by atoms with Gasteiger partial charge in [0.2, 0.25) is 0 Å². The highest BCUT2D eigenvalue weighted by Crippen LogP contribution is 2.25. The minimum Gasteiger partial charge on any atom is -0.451 e. The van der Waals surface area contributed by atoms with Gasteiger partial charge in [0, 0.05) is 10.9 Å². The van der Waals surface area contributed by atoms with E-state index >= 15 is 0 Å². The van der Waals surface area contributed by atoms with Crippen LogP contribution >= 0.6 is 0 Å². The summed E-state index contributed by atoms with van der Waals surface area (Å²) in [7, 11) is 0. The topological polar surface area (TPSA) is 70.9 Å². The van der Waals surface area contributed by atoms with Crippen LogP contribution in [0.5, 0.6) is 0 Å². The summed E-state index contributed by atoms with van der Waals surface area (Å²) in [4.78, 5) is 20.3. The van der Waals surface area contributed by atoms with Crippen molar-refractivity contribution in [3.05, 3.63) is 65.7 Å². The molecule has 0 unspecified atom stereocenters. The summed E-state index contributed by atoms with van der Waals surface area (Å²) in [6, 6.07) is 15.2. The number of hydrogen-bond acceptors (Lipinski definition) is 3. The van der Waals surface area contributed by atoms with Crippen LogP contribution in [-0.2, 0) is 0 Å². The molecule has 4 rings (SSSR count). The van der Waals surface area contributed by atoms with E-state index in [4.69, 9.17) is 4.42 Å². The van der Waals surface area contributed by atoms with E-state index in [-0.39, 0.29) is 11.9 Å². The zero-order chi connectivity index (χ0) is 16.7. The monoisotopic (exact) mass is 319 g/mol. The number of fused-ring (bicyclic) bond motifs is 2. The van der Waals surface area contributed by atoms with Gasteiger partial charge < -0.3 is 14.7 Å². The van der Waals surface area contributed by atoms with Crippen molar-refractivity contribution in [3.63, 3.8) is 0 Å². The normalized spacial score (nSPS) is 12.6. The Morgan fingerprint density at radius 3 is 2.71 bits per heavy atom. The lowest BCUT2D eigenvalue weighted by molar-refractivity contribution is 0.0911. The Labute approximate surface area is 138 Å². The highest BCUT2D eigenvalue weighted by Gasteiger charge is 2.20. The number of aromatic amines is 1. The average molecular weight is 319 g/mol. The highest BCUT2D eigenvalue weighted by atomic mass is 16.3. The second kappa shape index (κ2) is 5.53. The second-order valence-corrected chi connectivity index (χ2v) is 5.89. The number of nitrogens with zero attached hydrogens (tertiary/aromatic N) is 1. The van der Waals surface area contributed by atoms with Crippen molar-refractivity contribution < 1.29 is 9.21 Å². The number of carbonyl (C=O) groups is 1. The minimum atomic E-state index is -0.252. The number of amides is 1. The third-order valence-corrected chi connectivity index (χ3v) is 4.22. The Bertz CT molecular complexity index is 1010. The molecule has 0 aliphatic heterocycles. The number of nitrogens with one attached hydrogen (secondary N) is 2. The van der Waals surface area contributed by atoms with Crippen molar-refractivity contribution in [3.8, 4) is 0 Å². The molecule has 2 N–H and O–H groups in total. The van der Waals surface area contributed by atoms with Gasteiger partial charge in [0.1, 0.15) is 11.4 Å². The van der Waals surface area contributed by atoms with Crippen LogP contribution in [-0.4, -0.2) is 15.9 Å². The van der Waals surface area contributed by atoms with Gasteiger partial charge in [-0.2, -0.15) is 0 Å². The first-order valence-electron chi connectivity index (χ1n) is 7.87. The Morgan fingerprint density at radius 1 is 1.17 bits per heavy atom. The molecule has 0 radical (unpaired) electrons. The van der Waals surface area contributed by atoms with Crippen LogP contribution in [0.3, 0.4) is 0 Å². The lowest BCUT2D eigenvalue weighted by Gasteiger charge is -2.10. The average Bonchev–Trinajstić information content (AvgIpc) is 3.17. The van der Waals surface area contributed by atoms with E-state index in [2.05, 4.69) is 15.3 Å². The summed E-state index contributed by atoms with van der Waals surface area (Å²) in [5.74, 6) is 0.828. The molecule has 24 heavy (non-hydrogen) atoms. The van der Waals surface area contributed by atoms with Crippen LogP contribution in [0, 0.1) is 6.92 Å². The van der Waals surface area contributed by atoms with E-state index in [1.165, 1.54) is 0 Å². The van der Waals surface area contributed by atoms with Crippen LogP contribution in [0.15, 0.2) is 52.9 Å². The first-order valence-corrected chi connectivity index (χ1v) is 7.87. The molecular formula is C19H17N3O2. The maximum Gasteiger partial charge on any atom is 0.287 e. The van der Waals surface area contributed by atoms with Crippen molar-refractivity contribution in [2.75, 3.05) is 0 Å². The number of furan rings is 1. The summed E-state index contributed by atoms with van der Waals surface area (Å²) < 4.78 is 5.71. The van der Waals surface area contributed by atoms with Crippen LogP contribution in [0.4, 0.5) is 0 Å². The zero-order valence-corrected chi connectivity index (χ0v) is 13.5. The molecule has 0 saturated heterocycles. The fourth-order valence-electron chi connectivity index (χ4n) is 2.90. The highest BCUT2D eigenvalue weighted by molar-refractivity contribution is 5.99. The number of benzene rings is 2. The van der Waals surface area contributed by atoms with Gasteiger partial charge in [-0.05, 0) is 32.0 Å². The van der Waals surface area contributed by atoms with Crippen LogP contribution in [0.2, 0.25) is 0 Å². The van der Waals surface area contributed by atoms with Gasteiger partial charge in [-0.25, -0.2) is 4.98 Å². The Balaban J connectivity index is 1.61. The van der Waals surface area contributed by atoms with Gasteiger partial charge in [-0.3, -0.25) is 4.79 Å². The van der Waals surface area contributed by atoms with Crippen molar-refractivity contribution in [2.24, 2.45) is 0 Å². The van der Waals surface area contributed by atoms with Gasteiger partial charge in [0.25, 0.3) is 5.91 Å². The zero-order valence-electron chi connectivity index (χ0n) is 13.5. The Kier molecular flexibility index (Phi) is 3.34. The Morgan fingerprint density at radius 2 is 1.92 bits per heavy atom. The predicted molar refractivity (Wildman–Crippen MR) is 92.9 cm³/mol. The summed E-state index contributed by atoms with van der Waals surface area (Å²) in [5.41, 5.74) is 3.40. The second-order valence-electron chi connectivity index (χ2n) is 5.89. The van der Waals surface area contributed by atoms with Crippen molar-refractivity contribution in [2.45, 2.75) is 19.9 Å². The number of para-hydroxylation sites is 3. The smallest absolute Gasteiger partial charge is 0.287 e. The standard InChI is InChI=1S/C19H17N3O2/c1-11-13-7-3-6-10-16(13)24-17(11)19(23)20-12(2)18-21-14-8-4-5-9-15(14)22-18/h3-10,12H,1-2H3,(H,20,23)(H,21,22)/t12-/m1/s1. The number of H-pyrrole nitrogens is 1. The van der Waals surface area contributed by atoms with E-state index in [9.17, 15) is 4.79 Å². The van der Waals surface area contributed by atoms with E-state index in [1.807, 2.05) is 62.4 Å². The molecule has 120 valence electrons. The molecule has 0 spiro atoms. The maximum atomic E-state index is 12.6. The lowest BCUT2D eigenvalue weighted by Crippen LogP contribution is -2.27. The summed E-state index contributed by atoms with van der Waals surface area (Å²) in [5, 5.41) is 3.91. The van der Waals surface area contributed by atoms with E-state index in [1.54, 1.807) is 0 Å². The number of aromatic nitrogens is 2. The van der Waals surface area contributed by atoms with Gasteiger partial charge in [-0.15, -0.1) is 0 Å². The minimum absolute atomic E-state index is 0.239. The number of carbonyl (C=O) groups excluding carboxylic acids is 1. The number of aryl methyl sites for hydroxylation is 1. The number of imidazole rings is 1. The SMILES string of the molecule is Cc1c(C(=O)N[C@H](C)c2nc3ccccc3[nH]2)oc2ccccc12. The molecule has 0 bridgehead atoms. The summed E-state index contributed by atoms with van der Waals surface area (Å²) in [6.07, 6.45) is 0. The van der Waals surface area contributed by atoms with E-state index < -0.39 is 0 Å². The number of rotatable bonds is 3. The molecule has 1 atom stereocenters. The molecule has 2 heterocycles. The maximum absolute atomic E-state index is 12.6. The molecule has 5 heteroatoms. The fraction of sp³-hybridized carbons (Fsp3) is 0.158.